The molecular weight excluding hydrogens is 314 g/mol. The molecule has 21 heavy (non-hydrogen) atoms. The van der Waals surface area contributed by atoms with Gasteiger partial charge in [0.05, 0.1) is 4.90 Å². The fraction of sp³-hybridized carbons (Fsp3) is 0.0833. The van der Waals surface area contributed by atoms with Crippen LogP contribution >= 0.6 is 11.6 Å². The summed E-state index contributed by atoms with van der Waals surface area (Å²) in [5, 5.41) is 0.00959. The van der Waals surface area contributed by atoms with E-state index in [9.17, 15) is 8.42 Å². The van der Waals surface area contributed by atoms with Crippen LogP contribution in [0.1, 0.15) is 5.56 Å². The first-order valence-electron chi connectivity index (χ1n) is 5.88. The molecular formula is C12H10ClN5O2S. The number of hydrogen-bond acceptors (Lipinski definition) is 6. The van der Waals surface area contributed by atoms with Gasteiger partial charge in [-0.25, -0.2) is 17.4 Å². The molecule has 0 aliphatic heterocycles. The maximum atomic E-state index is 12.6. The van der Waals surface area contributed by atoms with Crippen LogP contribution in [0.25, 0.3) is 11.2 Å². The normalized spacial score (nSPS) is 11.9. The number of aryl methyl sites for hydroxylation is 1. The van der Waals surface area contributed by atoms with Crippen LogP contribution in [-0.4, -0.2) is 27.3 Å². The second kappa shape index (κ2) is 4.68. The number of hydrogen-bond donors (Lipinski definition) is 1. The third kappa shape index (κ3) is 2.22. The van der Waals surface area contributed by atoms with Gasteiger partial charge in [-0.15, -0.1) is 0 Å². The van der Waals surface area contributed by atoms with Crippen LogP contribution in [0.2, 0.25) is 5.15 Å². The van der Waals surface area contributed by atoms with Crippen LogP contribution in [0.5, 0.6) is 0 Å². The molecule has 3 aromatic rings. The average Bonchev–Trinajstić information content (AvgIpc) is 2.83. The number of nitrogens with two attached hydrogens (primary N) is 1. The van der Waals surface area contributed by atoms with E-state index in [1.807, 2.05) is 6.92 Å². The Hall–Kier alpha value is -2.19. The number of fused-ring (bicyclic) bond motifs is 1. The van der Waals surface area contributed by atoms with Gasteiger partial charge in [0.2, 0.25) is 5.95 Å². The summed E-state index contributed by atoms with van der Waals surface area (Å²) in [5.74, 6) is -0.117. The highest BCUT2D eigenvalue weighted by Crippen LogP contribution is 2.23. The van der Waals surface area contributed by atoms with Gasteiger partial charge in [0.25, 0.3) is 10.0 Å². The number of imidazole rings is 1. The number of benzene rings is 1. The van der Waals surface area contributed by atoms with Crippen molar-refractivity contribution in [3.8, 4) is 0 Å². The van der Waals surface area contributed by atoms with Gasteiger partial charge in [0, 0.05) is 0 Å². The molecule has 0 saturated carbocycles. The Balaban J connectivity index is 2.27. The van der Waals surface area contributed by atoms with Gasteiger partial charge in [-0.05, 0) is 19.1 Å². The minimum absolute atomic E-state index is 0.00959. The van der Waals surface area contributed by atoms with Crippen molar-refractivity contribution in [1.82, 2.24) is 18.9 Å². The fourth-order valence-corrected chi connectivity index (χ4v) is 3.31. The highest BCUT2D eigenvalue weighted by Gasteiger charge is 2.22. The first kappa shape index (κ1) is 13.8. The Morgan fingerprint density at radius 3 is 2.52 bits per heavy atom. The molecule has 2 heterocycles. The molecule has 7 nitrogen and oxygen atoms in total. The summed E-state index contributed by atoms with van der Waals surface area (Å²) in [7, 11) is -3.82. The molecule has 0 unspecified atom stereocenters. The molecule has 1 aromatic carbocycles. The number of rotatable bonds is 2. The fourth-order valence-electron chi connectivity index (χ4n) is 1.86. The highest BCUT2D eigenvalue weighted by molar-refractivity contribution is 7.90. The third-order valence-corrected chi connectivity index (χ3v) is 4.84. The smallest absolute Gasteiger partial charge is 0.270 e. The SMILES string of the molecule is Cc1ccc(S(=O)(=O)n2cnc3c(Cl)nc(N)nc32)cc1. The number of nitrogens with zero attached hydrogens (tertiary/aromatic N) is 4. The van der Waals surface area contributed by atoms with Crippen LogP contribution in [-0.2, 0) is 10.0 Å². The largest absolute Gasteiger partial charge is 0.368 e. The van der Waals surface area contributed by atoms with Gasteiger partial charge in [0.15, 0.2) is 10.8 Å². The zero-order valence-corrected chi connectivity index (χ0v) is 12.4. The molecule has 0 spiro atoms. The summed E-state index contributed by atoms with van der Waals surface area (Å²) in [6.07, 6.45) is 1.14. The van der Waals surface area contributed by atoms with Crippen LogP contribution < -0.4 is 5.73 Å². The monoisotopic (exact) mass is 323 g/mol. The van der Waals surface area contributed by atoms with Crippen molar-refractivity contribution in [3.05, 3.63) is 41.3 Å². The van der Waals surface area contributed by atoms with Crippen LogP contribution in [0.3, 0.4) is 0 Å². The Bertz CT molecular complexity index is 934. The number of halogens is 1. The molecule has 0 saturated heterocycles. The second-order valence-corrected chi connectivity index (χ2v) is 6.58. The van der Waals surface area contributed by atoms with Crippen molar-refractivity contribution < 1.29 is 8.42 Å². The zero-order chi connectivity index (χ0) is 15.2. The van der Waals surface area contributed by atoms with E-state index in [4.69, 9.17) is 17.3 Å². The van der Waals surface area contributed by atoms with E-state index in [1.165, 1.54) is 12.1 Å². The lowest BCUT2D eigenvalue weighted by Gasteiger charge is -2.06. The molecule has 0 aliphatic rings. The summed E-state index contributed by atoms with van der Waals surface area (Å²) in [6.45, 7) is 1.87. The summed E-state index contributed by atoms with van der Waals surface area (Å²) < 4.78 is 26.2. The number of aromatic nitrogens is 4. The van der Waals surface area contributed by atoms with Crippen molar-refractivity contribution >= 4 is 38.7 Å². The van der Waals surface area contributed by atoms with Gasteiger partial charge < -0.3 is 5.73 Å². The summed E-state index contributed by atoms with van der Waals surface area (Å²) in [4.78, 5) is 11.7. The van der Waals surface area contributed by atoms with Gasteiger partial charge in [-0.1, -0.05) is 29.3 Å². The van der Waals surface area contributed by atoms with Crippen LogP contribution in [0.4, 0.5) is 5.95 Å². The van der Waals surface area contributed by atoms with E-state index in [0.717, 1.165) is 15.9 Å². The van der Waals surface area contributed by atoms with Gasteiger partial charge in [-0.2, -0.15) is 9.97 Å². The Morgan fingerprint density at radius 2 is 1.86 bits per heavy atom. The molecule has 0 fully saturated rings. The molecule has 2 N–H and O–H groups in total. The molecule has 9 heteroatoms. The van der Waals surface area contributed by atoms with E-state index in [0.29, 0.717) is 0 Å². The number of nitrogen functional groups attached to an aromatic ring is 1. The minimum Gasteiger partial charge on any atom is -0.368 e. The molecule has 3 rings (SSSR count). The molecule has 0 aliphatic carbocycles. The average molecular weight is 324 g/mol. The van der Waals surface area contributed by atoms with Gasteiger partial charge in [-0.3, -0.25) is 0 Å². The lowest BCUT2D eigenvalue weighted by Crippen LogP contribution is -2.13. The quantitative estimate of drug-likeness (QED) is 0.718. The Morgan fingerprint density at radius 1 is 1.19 bits per heavy atom. The summed E-state index contributed by atoms with van der Waals surface area (Å²) in [5.41, 5.74) is 6.70. The van der Waals surface area contributed by atoms with Crippen molar-refractivity contribution in [2.45, 2.75) is 11.8 Å². The lowest BCUT2D eigenvalue weighted by molar-refractivity contribution is 0.588. The molecule has 2 aromatic heterocycles. The first-order valence-corrected chi connectivity index (χ1v) is 7.70. The Labute approximate surface area is 125 Å². The van der Waals surface area contributed by atoms with E-state index in [1.54, 1.807) is 12.1 Å². The molecule has 0 radical (unpaired) electrons. The maximum Gasteiger partial charge on any atom is 0.270 e. The standard InChI is InChI=1S/C12H10ClN5O2S/c1-7-2-4-8(5-3-7)21(19,20)18-6-15-9-10(13)16-12(14)17-11(9)18/h2-6H,1H3,(H2,14,16,17). The second-order valence-electron chi connectivity index (χ2n) is 4.40. The maximum absolute atomic E-state index is 12.6. The van der Waals surface area contributed by atoms with Crippen molar-refractivity contribution in [3.63, 3.8) is 0 Å². The third-order valence-electron chi connectivity index (χ3n) is 2.92. The van der Waals surface area contributed by atoms with Gasteiger partial charge >= 0.3 is 0 Å². The van der Waals surface area contributed by atoms with E-state index in [-0.39, 0.29) is 27.2 Å². The van der Waals surface area contributed by atoms with Crippen LogP contribution in [0.15, 0.2) is 35.5 Å². The molecule has 0 amide bonds. The summed E-state index contributed by atoms with van der Waals surface area (Å²) >= 11 is 5.89. The minimum atomic E-state index is -3.82. The summed E-state index contributed by atoms with van der Waals surface area (Å²) in [6, 6.07) is 6.45. The predicted molar refractivity (Wildman–Crippen MR) is 78.5 cm³/mol. The Kier molecular flexibility index (Phi) is 3.07. The number of anilines is 1. The van der Waals surface area contributed by atoms with Crippen molar-refractivity contribution in [1.29, 1.82) is 0 Å². The van der Waals surface area contributed by atoms with E-state index < -0.39 is 10.0 Å². The molecule has 0 bridgehead atoms. The van der Waals surface area contributed by atoms with E-state index in [2.05, 4.69) is 15.0 Å². The zero-order valence-electron chi connectivity index (χ0n) is 10.9. The van der Waals surface area contributed by atoms with Crippen molar-refractivity contribution in [2.75, 3.05) is 5.73 Å². The highest BCUT2D eigenvalue weighted by atomic mass is 35.5. The lowest BCUT2D eigenvalue weighted by atomic mass is 10.2. The van der Waals surface area contributed by atoms with Crippen LogP contribution in [0, 0.1) is 6.92 Å². The molecule has 108 valence electrons. The molecule has 0 atom stereocenters. The first-order chi connectivity index (χ1) is 9.89. The predicted octanol–water partition coefficient (Wildman–Crippen LogP) is 1.61. The van der Waals surface area contributed by atoms with Crippen molar-refractivity contribution in [2.24, 2.45) is 0 Å². The van der Waals surface area contributed by atoms with E-state index >= 15 is 0 Å². The topological polar surface area (TPSA) is 104 Å². The van der Waals surface area contributed by atoms with Gasteiger partial charge in [0.1, 0.15) is 11.8 Å².